The molecule has 14 heavy (non-hydrogen) atoms. The first-order valence-electron chi connectivity index (χ1n) is 4.56. The molecule has 5 heteroatoms. The number of aliphatic carboxylic acids is 1. The molecule has 0 aromatic heterocycles. The van der Waals surface area contributed by atoms with Crippen LogP contribution in [0.25, 0.3) is 0 Å². The summed E-state index contributed by atoms with van der Waals surface area (Å²) in [6.07, 6.45) is -1.14. The average molecular weight is 204 g/mol. The van der Waals surface area contributed by atoms with E-state index < -0.39 is 17.9 Å². The van der Waals surface area contributed by atoms with E-state index in [1.165, 1.54) is 7.11 Å². The van der Waals surface area contributed by atoms with Gasteiger partial charge in [-0.1, -0.05) is 13.8 Å². The molecule has 0 aromatic rings. The lowest BCUT2D eigenvalue weighted by Gasteiger charge is -2.42. The molecule has 1 fully saturated rings. The van der Waals surface area contributed by atoms with Crippen molar-refractivity contribution in [1.29, 1.82) is 0 Å². The van der Waals surface area contributed by atoms with Crippen molar-refractivity contribution < 1.29 is 24.5 Å². The minimum Gasteiger partial charge on any atom is -0.477 e. The van der Waals surface area contributed by atoms with Crippen LogP contribution in [0.15, 0.2) is 0 Å². The maximum absolute atomic E-state index is 11.0. The highest BCUT2D eigenvalue weighted by atomic mass is 16.7. The van der Waals surface area contributed by atoms with E-state index in [0.717, 1.165) is 0 Å². The maximum Gasteiger partial charge on any atom is 0.367 e. The van der Waals surface area contributed by atoms with E-state index in [9.17, 15) is 9.90 Å². The van der Waals surface area contributed by atoms with Crippen molar-refractivity contribution in [1.82, 2.24) is 0 Å². The number of hydrogen-bond acceptors (Lipinski definition) is 4. The van der Waals surface area contributed by atoms with E-state index in [1.54, 1.807) is 6.92 Å². The molecule has 2 N–H and O–H groups in total. The zero-order valence-corrected chi connectivity index (χ0v) is 8.56. The summed E-state index contributed by atoms with van der Waals surface area (Å²) in [7, 11) is 1.22. The number of aliphatic hydroxyl groups excluding tert-OH is 1. The van der Waals surface area contributed by atoms with Crippen molar-refractivity contribution in [2.45, 2.75) is 25.7 Å². The Hall–Kier alpha value is -0.650. The molecule has 0 amide bonds. The number of rotatable bonds is 2. The minimum atomic E-state index is -1.90. The van der Waals surface area contributed by atoms with Crippen molar-refractivity contribution in [3.05, 3.63) is 0 Å². The molecule has 0 aliphatic carbocycles. The Morgan fingerprint density at radius 1 is 1.57 bits per heavy atom. The number of carboxylic acid groups (broad SMARTS) is 1. The van der Waals surface area contributed by atoms with E-state index in [2.05, 4.69) is 0 Å². The fourth-order valence-corrected chi connectivity index (χ4v) is 1.60. The van der Waals surface area contributed by atoms with Crippen molar-refractivity contribution in [2.75, 3.05) is 13.7 Å². The number of ether oxygens (including phenoxy) is 2. The number of methoxy groups -OCH3 is 1. The van der Waals surface area contributed by atoms with Gasteiger partial charge in [-0.3, -0.25) is 0 Å². The molecular weight excluding hydrogens is 188 g/mol. The molecule has 0 radical (unpaired) electrons. The van der Waals surface area contributed by atoms with E-state index >= 15 is 0 Å². The van der Waals surface area contributed by atoms with Crippen molar-refractivity contribution in [3.8, 4) is 0 Å². The third-order valence-electron chi connectivity index (χ3n) is 2.95. The molecule has 1 aliphatic heterocycles. The molecule has 1 rings (SSSR count). The molecule has 4 atom stereocenters. The first-order chi connectivity index (χ1) is 6.45. The van der Waals surface area contributed by atoms with Crippen LogP contribution >= 0.6 is 0 Å². The lowest BCUT2D eigenvalue weighted by molar-refractivity contribution is -0.303. The Balaban J connectivity index is 2.93. The summed E-state index contributed by atoms with van der Waals surface area (Å²) in [5.41, 5.74) is 0. The SMILES string of the molecule is COC1(C(=O)O)OC[C@@H](C)C(C)C1O. The van der Waals surface area contributed by atoms with Crippen molar-refractivity contribution in [3.63, 3.8) is 0 Å². The van der Waals surface area contributed by atoms with Crippen LogP contribution in [0.1, 0.15) is 13.8 Å². The van der Waals surface area contributed by atoms with Gasteiger partial charge in [-0.2, -0.15) is 0 Å². The summed E-state index contributed by atoms with van der Waals surface area (Å²) in [5, 5.41) is 18.8. The predicted molar refractivity (Wildman–Crippen MR) is 47.7 cm³/mol. The molecular formula is C9H16O5. The second kappa shape index (κ2) is 3.84. The molecule has 1 saturated heterocycles. The normalized spacial score (nSPS) is 43.6. The lowest BCUT2D eigenvalue weighted by Crippen LogP contribution is -2.60. The molecule has 0 bridgehead atoms. The van der Waals surface area contributed by atoms with Crippen LogP contribution in [0, 0.1) is 11.8 Å². The fourth-order valence-electron chi connectivity index (χ4n) is 1.60. The third-order valence-corrected chi connectivity index (χ3v) is 2.95. The Labute approximate surface area is 82.6 Å². The first kappa shape index (κ1) is 11.4. The monoisotopic (exact) mass is 204 g/mol. The first-order valence-corrected chi connectivity index (χ1v) is 4.56. The number of carbonyl (C=O) groups is 1. The van der Waals surface area contributed by atoms with Crippen LogP contribution in [0.5, 0.6) is 0 Å². The second-order valence-corrected chi connectivity index (χ2v) is 3.77. The zero-order chi connectivity index (χ0) is 10.9. The van der Waals surface area contributed by atoms with E-state index in [4.69, 9.17) is 14.6 Å². The van der Waals surface area contributed by atoms with Crippen LogP contribution < -0.4 is 0 Å². The van der Waals surface area contributed by atoms with Crippen molar-refractivity contribution in [2.24, 2.45) is 11.8 Å². The summed E-state index contributed by atoms with van der Waals surface area (Å²) in [6, 6.07) is 0. The molecule has 0 spiro atoms. The van der Waals surface area contributed by atoms with Crippen LogP contribution in [0.3, 0.4) is 0 Å². The van der Waals surface area contributed by atoms with Gasteiger partial charge in [0.25, 0.3) is 5.79 Å². The molecule has 3 unspecified atom stereocenters. The topological polar surface area (TPSA) is 76.0 Å². The summed E-state index contributed by atoms with van der Waals surface area (Å²) in [6.45, 7) is 3.96. The largest absolute Gasteiger partial charge is 0.477 e. The lowest BCUT2D eigenvalue weighted by atomic mass is 9.84. The van der Waals surface area contributed by atoms with E-state index in [-0.39, 0.29) is 18.4 Å². The third kappa shape index (κ3) is 1.51. The summed E-state index contributed by atoms with van der Waals surface area (Å²) < 4.78 is 9.90. The van der Waals surface area contributed by atoms with Gasteiger partial charge in [0, 0.05) is 7.11 Å². The number of aliphatic hydroxyl groups is 1. The average Bonchev–Trinajstić information content (AvgIpc) is 2.15. The van der Waals surface area contributed by atoms with Crippen LogP contribution in [-0.4, -0.2) is 41.8 Å². The summed E-state index contributed by atoms with van der Waals surface area (Å²) >= 11 is 0. The number of hydrogen-bond donors (Lipinski definition) is 2. The van der Waals surface area contributed by atoms with Gasteiger partial charge in [-0.05, 0) is 11.8 Å². The summed E-state index contributed by atoms with van der Waals surface area (Å²) in [5.74, 6) is -3.23. The van der Waals surface area contributed by atoms with Crippen LogP contribution in [0.2, 0.25) is 0 Å². The molecule has 1 aliphatic rings. The van der Waals surface area contributed by atoms with Gasteiger partial charge in [0.05, 0.1) is 6.61 Å². The highest BCUT2D eigenvalue weighted by Crippen LogP contribution is 2.33. The smallest absolute Gasteiger partial charge is 0.367 e. The van der Waals surface area contributed by atoms with Gasteiger partial charge in [0.2, 0.25) is 0 Å². The van der Waals surface area contributed by atoms with Gasteiger partial charge in [-0.25, -0.2) is 4.79 Å². The molecule has 1 heterocycles. The van der Waals surface area contributed by atoms with Gasteiger partial charge < -0.3 is 19.7 Å². The maximum atomic E-state index is 11.0. The Bertz CT molecular complexity index is 229. The van der Waals surface area contributed by atoms with E-state index in [1.807, 2.05) is 6.92 Å². The predicted octanol–water partition coefficient (Wildman–Crippen LogP) is 0.0770. The standard InChI is InChI=1S/C9H16O5/c1-5-4-14-9(13-3,8(11)12)7(10)6(5)2/h5-7,10H,4H2,1-3H3,(H,11,12)/t5-,6?,7?,9?/m1/s1. The van der Waals surface area contributed by atoms with E-state index in [0.29, 0.717) is 0 Å². The molecule has 0 saturated carbocycles. The second-order valence-electron chi connectivity index (χ2n) is 3.77. The Morgan fingerprint density at radius 3 is 2.57 bits per heavy atom. The zero-order valence-electron chi connectivity index (χ0n) is 8.56. The highest BCUT2D eigenvalue weighted by Gasteiger charge is 2.54. The van der Waals surface area contributed by atoms with Crippen LogP contribution in [0.4, 0.5) is 0 Å². The van der Waals surface area contributed by atoms with Gasteiger partial charge in [-0.15, -0.1) is 0 Å². The number of carboxylic acids is 1. The fraction of sp³-hybridized carbons (Fsp3) is 0.889. The van der Waals surface area contributed by atoms with Gasteiger partial charge in [0.1, 0.15) is 6.10 Å². The molecule has 5 nitrogen and oxygen atoms in total. The Morgan fingerprint density at radius 2 is 2.14 bits per heavy atom. The Kier molecular flexibility index (Phi) is 3.14. The molecule has 0 aromatic carbocycles. The van der Waals surface area contributed by atoms with Crippen molar-refractivity contribution >= 4 is 5.97 Å². The van der Waals surface area contributed by atoms with Crippen LogP contribution in [-0.2, 0) is 14.3 Å². The quantitative estimate of drug-likeness (QED) is 0.666. The van der Waals surface area contributed by atoms with Gasteiger partial charge >= 0.3 is 5.97 Å². The minimum absolute atomic E-state index is 0.118. The van der Waals surface area contributed by atoms with Gasteiger partial charge in [0.15, 0.2) is 0 Å². The molecule has 82 valence electrons. The summed E-state index contributed by atoms with van der Waals surface area (Å²) in [4.78, 5) is 11.0. The highest BCUT2D eigenvalue weighted by molar-refractivity contribution is 5.76.